The van der Waals surface area contributed by atoms with Crippen LogP contribution >= 0.6 is 15.9 Å². The summed E-state index contributed by atoms with van der Waals surface area (Å²) in [6.45, 7) is 3.40. The van der Waals surface area contributed by atoms with Crippen molar-refractivity contribution in [2.45, 2.75) is 19.9 Å². The number of rotatable bonds is 5. The minimum absolute atomic E-state index is 0.0962. The molecule has 1 N–H and O–H groups in total. The molecule has 1 aromatic carbocycles. The third kappa shape index (κ3) is 3.92. The van der Waals surface area contributed by atoms with E-state index in [1.165, 1.54) is 4.68 Å². The van der Waals surface area contributed by atoms with Crippen LogP contribution in [-0.2, 0) is 6.54 Å². The first-order valence-electron chi connectivity index (χ1n) is 6.24. The molecule has 0 saturated heterocycles. The average molecular weight is 322 g/mol. The number of nitrogens with zero attached hydrogens (tertiary/aromatic N) is 2. The van der Waals surface area contributed by atoms with Crippen LogP contribution in [0.1, 0.15) is 18.9 Å². The van der Waals surface area contributed by atoms with Gasteiger partial charge in [0.1, 0.15) is 0 Å². The Morgan fingerprint density at radius 1 is 1.37 bits per heavy atom. The van der Waals surface area contributed by atoms with E-state index in [0.29, 0.717) is 6.54 Å². The molecule has 1 aromatic heterocycles. The molecule has 0 unspecified atom stereocenters. The Morgan fingerprint density at radius 3 is 2.89 bits per heavy atom. The van der Waals surface area contributed by atoms with Crippen LogP contribution in [-0.4, -0.2) is 16.3 Å². The largest absolute Gasteiger partial charge is 0.384 e. The number of nitrogens with one attached hydrogen (secondary N) is 1. The molecule has 0 aliphatic carbocycles. The second kappa shape index (κ2) is 6.52. The Kier molecular flexibility index (Phi) is 4.74. The van der Waals surface area contributed by atoms with E-state index >= 15 is 0 Å². The fourth-order valence-electron chi connectivity index (χ4n) is 1.73. The summed E-state index contributed by atoms with van der Waals surface area (Å²) < 4.78 is 2.46. The molecule has 5 heteroatoms. The van der Waals surface area contributed by atoms with Crippen molar-refractivity contribution in [1.29, 1.82) is 0 Å². The second-order valence-corrected chi connectivity index (χ2v) is 5.21. The molecule has 0 aliphatic rings. The summed E-state index contributed by atoms with van der Waals surface area (Å²) in [7, 11) is 0. The van der Waals surface area contributed by atoms with Gasteiger partial charge >= 0.3 is 0 Å². The Hall–Kier alpha value is -1.62. The zero-order valence-corrected chi connectivity index (χ0v) is 12.4. The molecule has 1 heterocycles. The minimum atomic E-state index is -0.0962. The predicted octanol–water partition coefficient (Wildman–Crippen LogP) is 2.88. The zero-order chi connectivity index (χ0) is 13.7. The van der Waals surface area contributed by atoms with E-state index in [9.17, 15) is 4.79 Å². The molecular formula is C14H16BrN3O. The van der Waals surface area contributed by atoms with Gasteiger partial charge in [0.05, 0.1) is 18.4 Å². The van der Waals surface area contributed by atoms with Crippen LogP contribution in [0.5, 0.6) is 0 Å². The number of benzene rings is 1. The zero-order valence-electron chi connectivity index (χ0n) is 10.8. The van der Waals surface area contributed by atoms with Crippen LogP contribution in [0, 0.1) is 0 Å². The Labute approximate surface area is 120 Å². The minimum Gasteiger partial charge on any atom is -0.384 e. The van der Waals surface area contributed by atoms with Crippen molar-refractivity contribution >= 4 is 21.6 Å². The summed E-state index contributed by atoms with van der Waals surface area (Å²) in [5, 5.41) is 7.33. The summed E-state index contributed by atoms with van der Waals surface area (Å²) in [5.74, 6) is 0. The van der Waals surface area contributed by atoms with Gasteiger partial charge in [-0.1, -0.05) is 35.0 Å². The summed E-state index contributed by atoms with van der Waals surface area (Å²) in [4.78, 5) is 11.9. The molecule has 0 fully saturated rings. The molecule has 0 saturated carbocycles. The lowest BCUT2D eigenvalue weighted by atomic mass is 10.2. The van der Waals surface area contributed by atoms with Crippen LogP contribution in [0.25, 0.3) is 0 Å². The highest BCUT2D eigenvalue weighted by molar-refractivity contribution is 9.10. The van der Waals surface area contributed by atoms with E-state index in [4.69, 9.17) is 0 Å². The number of hydrogen-bond acceptors (Lipinski definition) is 3. The molecule has 2 rings (SSSR count). The third-order valence-electron chi connectivity index (χ3n) is 2.67. The first-order valence-corrected chi connectivity index (χ1v) is 7.04. The lowest BCUT2D eigenvalue weighted by Gasteiger charge is -2.07. The van der Waals surface area contributed by atoms with Gasteiger partial charge in [-0.3, -0.25) is 4.79 Å². The number of aromatic nitrogens is 2. The summed E-state index contributed by atoms with van der Waals surface area (Å²) in [6.07, 6.45) is 2.70. The molecule has 2 aromatic rings. The predicted molar refractivity (Wildman–Crippen MR) is 80.5 cm³/mol. The van der Waals surface area contributed by atoms with E-state index in [1.807, 2.05) is 24.3 Å². The highest BCUT2D eigenvalue weighted by Gasteiger charge is 2.01. The monoisotopic (exact) mass is 321 g/mol. The SMILES string of the molecule is CCCNc1cnn(Cc2cccc(Br)c2)c(=O)c1. The van der Waals surface area contributed by atoms with Gasteiger partial charge in [-0.25, -0.2) is 4.68 Å². The second-order valence-electron chi connectivity index (χ2n) is 4.30. The van der Waals surface area contributed by atoms with Crippen molar-refractivity contribution < 1.29 is 0 Å². The van der Waals surface area contributed by atoms with Crippen LogP contribution in [0.3, 0.4) is 0 Å². The molecule has 4 nitrogen and oxygen atoms in total. The first-order chi connectivity index (χ1) is 9.19. The van der Waals surface area contributed by atoms with E-state index in [2.05, 4.69) is 33.3 Å². The molecule has 100 valence electrons. The topological polar surface area (TPSA) is 46.9 Å². The number of halogens is 1. The van der Waals surface area contributed by atoms with Crippen molar-refractivity contribution in [3.8, 4) is 0 Å². The normalized spacial score (nSPS) is 10.4. The van der Waals surface area contributed by atoms with Crippen molar-refractivity contribution in [3.05, 3.63) is 56.9 Å². The molecule has 0 radical (unpaired) electrons. The fraction of sp³-hybridized carbons (Fsp3) is 0.286. The van der Waals surface area contributed by atoms with E-state index in [-0.39, 0.29) is 5.56 Å². The lowest BCUT2D eigenvalue weighted by molar-refractivity contribution is 0.639. The van der Waals surface area contributed by atoms with Gasteiger partial charge in [0.2, 0.25) is 0 Å². The average Bonchev–Trinajstić information content (AvgIpc) is 2.39. The lowest BCUT2D eigenvalue weighted by Crippen LogP contribution is -2.23. The smallest absolute Gasteiger partial charge is 0.269 e. The van der Waals surface area contributed by atoms with Crippen LogP contribution in [0.15, 0.2) is 45.8 Å². The molecular weight excluding hydrogens is 306 g/mol. The Balaban J connectivity index is 2.15. The van der Waals surface area contributed by atoms with Gasteiger partial charge in [-0.05, 0) is 24.1 Å². The maximum Gasteiger partial charge on any atom is 0.269 e. The highest BCUT2D eigenvalue weighted by atomic mass is 79.9. The van der Waals surface area contributed by atoms with Gasteiger partial charge in [0.15, 0.2) is 0 Å². The molecule has 0 amide bonds. The fourth-order valence-corrected chi connectivity index (χ4v) is 2.17. The Bertz CT molecular complexity index is 610. The number of anilines is 1. The van der Waals surface area contributed by atoms with Gasteiger partial charge in [-0.15, -0.1) is 0 Å². The van der Waals surface area contributed by atoms with Gasteiger partial charge < -0.3 is 5.32 Å². The van der Waals surface area contributed by atoms with Crippen LogP contribution in [0.2, 0.25) is 0 Å². The standard InChI is InChI=1S/C14H16BrN3O/c1-2-6-16-13-8-14(19)18(17-9-13)10-11-4-3-5-12(15)7-11/h3-5,7-9,16H,2,6,10H2,1H3. The van der Waals surface area contributed by atoms with E-state index in [0.717, 1.165) is 28.7 Å². The summed E-state index contributed by atoms with van der Waals surface area (Å²) >= 11 is 3.42. The third-order valence-corrected chi connectivity index (χ3v) is 3.16. The summed E-state index contributed by atoms with van der Waals surface area (Å²) in [6, 6.07) is 9.44. The van der Waals surface area contributed by atoms with Gasteiger partial charge in [0.25, 0.3) is 5.56 Å². The molecule has 19 heavy (non-hydrogen) atoms. The van der Waals surface area contributed by atoms with Crippen LogP contribution < -0.4 is 10.9 Å². The van der Waals surface area contributed by atoms with Gasteiger partial charge in [0, 0.05) is 17.1 Å². The maximum atomic E-state index is 11.9. The number of hydrogen-bond donors (Lipinski definition) is 1. The highest BCUT2D eigenvalue weighted by Crippen LogP contribution is 2.12. The molecule has 0 bridgehead atoms. The first kappa shape index (κ1) is 13.8. The Morgan fingerprint density at radius 2 is 2.21 bits per heavy atom. The maximum absolute atomic E-state index is 11.9. The van der Waals surface area contributed by atoms with Gasteiger partial charge in [-0.2, -0.15) is 5.10 Å². The molecule has 0 atom stereocenters. The molecule has 0 spiro atoms. The van der Waals surface area contributed by atoms with Crippen molar-refractivity contribution in [1.82, 2.24) is 9.78 Å². The van der Waals surface area contributed by atoms with E-state index < -0.39 is 0 Å². The van der Waals surface area contributed by atoms with Crippen molar-refractivity contribution in [3.63, 3.8) is 0 Å². The quantitative estimate of drug-likeness (QED) is 0.921. The molecule has 0 aliphatic heterocycles. The summed E-state index contributed by atoms with van der Waals surface area (Å²) in [5.41, 5.74) is 1.72. The van der Waals surface area contributed by atoms with E-state index in [1.54, 1.807) is 12.3 Å². The van der Waals surface area contributed by atoms with Crippen molar-refractivity contribution in [2.75, 3.05) is 11.9 Å². The van der Waals surface area contributed by atoms with Crippen LogP contribution in [0.4, 0.5) is 5.69 Å². The van der Waals surface area contributed by atoms with Crippen molar-refractivity contribution in [2.24, 2.45) is 0 Å².